The van der Waals surface area contributed by atoms with Gasteiger partial charge in [0.15, 0.2) is 11.9 Å². The lowest BCUT2D eigenvalue weighted by Crippen LogP contribution is -2.31. The van der Waals surface area contributed by atoms with Crippen molar-refractivity contribution in [3.05, 3.63) is 65.4 Å². The van der Waals surface area contributed by atoms with E-state index in [1.54, 1.807) is 42.7 Å². The van der Waals surface area contributed by atoms with Gasteiger partial charge in [-0.25, -0.2) is 0 Å². The smallest absolute Gasteiger partial charge is 0.195 e. The number of rotatable bonds is 3. The highest BCUT2D eigenvalue weighted by Crippen LogP contribution is 2.15. The second kappa shape index (κ2) is 4.72. The maximum absolute atomic E-state index is 11.4. The van der Waals surface area contributed by atoms with Crippen molar-refractivity contribution in [1.82, 2.24) is 4.98 Å². The molecule has 1 N–H and O–H groups in total. The number of aromatic nitrogens is 2. The number of aliphatic hydroxyl groups is 1. The van der Waals surface area contributed by atoms with Crippen molar-refractivity contribution in [2.45, 2.75) is 12.5 Å². The normalized spacial score (nSPS) is 12.3. The topological polar surface area (TPSA) is 60.1 Å². The van der Waals surface area contributed by atoms with Crippen LogP contribution in [-0.2, 0) is 6.42 Å². The first-order valence-electron chi connectivity index (χ1n) is 5.02. The van der Waals surface area contributed by atoms with E-state index in [9.17, 15) is 10.3 Å². The van der Waals surface area contributed by atoms with Gasteiger partial charge in [0.25, 0.3) is 0 Å². The number of aliphatic hydroxyl groups excluding tert-OH is 1. The van der Waals surface area contributed by atoms with Gasteiger partial charge in [-0.3, -0.25) is 4.98 Å². The summed E-state index contributed by atoms with van der Waals surface area (Å²) in [6.07, 6.45) is 4.29. The van der Waals surface area contributed by atoms with Crippen molar-refractivity contribution in [3.8, 4) is 0 Å². The van der Waals surface area contributed by atoms with Crippen LogP contribution in [-0.4, -0.2) is 10.1 Å². The fourth-order valence-corrected chi connectivity index (χ4v) is 1.52. The Morgan fingerprint density at radius 3 is 2.69 bits per heavy atom. The Morgan fingerprint density at radius 2 is 2.00 bits per heavy atom. The lowest BCUT2D eigenvalue weighted by atomic mass is 10.1. The molecule has 0 aliphatic carbocycles. The molecule has 2 aromatic heterocycles. The molecule has 1 atom stereocenters. The maximum atomic E-state index is 11.4. The molecule has 0 bridgehead atoms. The number of pyridine rings is 2. The molecule has 2 heterocycles. The van der Waals surface area contributed by atoms with Gasteiger partial charge in [0.2, 0.25) is 0 Å². The summed E-state index contributed by atoms with van der Waals surface area (Å²) < 4.78 is 0.768. The molecule has 1 unspecified atom stereocenters. The van der Waals surface area contributed by atoms with Crippen LogP contribution in [0.1, 0.15) is 17.4 Å². The lowest BCUT2D eigenvalue weighted by molar-refractivity contribution is -0.614. The monoisotopic (exact) mass is 216 g/mol. The zero-order valence-corrected chi connectivity index (χ0v) is 8.65. The molecule has 0 saturated heterocycles. The highest BCUT2D eigenvalue weighted by Gasteiger charge is 2.13. The minimum atomic E-state index is -0.675. The van der Waals surface area contributed by atoms with E-state index in [0.29, 0.717) is 12.1 Å². The molecule has 0 fully saturated rings. The number of hydrogen-bond donors (Lipinski definition) is 1. The molecule has 0 saturated carbocycles. The molecule has 0 amide bonds. The molecule has 0 aliphatic heterocycles. The number of nitrogens with zero attached hydrogens (tertiary/aromatic N) is 2. The maximum Gasteiger partial charge on any atom is 0.195 e. The minimum absolute atomic E-state index is 0.300. The van der Waals surface area contributed by atoms with E-state index in [4.69, 9.17) is 0 Å². The summed E-state index contributed by atoms with van der Waals surface area (Å²) in [5, 5.41) is 21.3. The third kappa shape index (κ3) is 2.35. The molecular formula is C12H12N2O2. The Labute approximate surface area is 93.4 Å². The van der Waals surface area contributed by atoms with Crippen molar-refractivity contribution < 1.29 is 9.84 Å². The van der Waals surface area contributed by atoms with Gasteiger partial charge in [-0.05, 0) is 17.7 Å². The van der Waals surface area contributed by atoms with Gasteiger partial charge >= 0.3 is 0 Å². The average molecular weight is 216 g/mol. The van der Waals surface area contributed by atoms with Crippen LogP contribution in [0.15, 0.2) is 48.9 Å². The molecule has 2 aromatic rings. The van der Waals surface area contributed by atoms with Crippen molar-refractivity contribution in [2.75, 3.05) is 0 Å². The van der Waals surface area contributed by atoms with E-state index in [0.717, 1.165) is 10.3 Å². The van der Waals surface area contributed by atoms with Crippen LogP contribution in [0.3, 0.4) is 0 Å². The first-order chi connectivity index (χ1) is 7.77. The van der Waals surface area contributed by atoms with Gasteiger partial charge in [-0.15, -0.1) is 0 Å². The van der Waals surface area contributed by atoms with Gasteiger partial charge in [-0.2, -0.15) is 4.73 Å². The fourth-order valence-electron chi connectivity index (χ4n) is 1.52. The van der Waals surface area contributed by atoms with Crippen molar-refractivity contribution >= 4 is 0 Å². The Kier molecular flexibility index (Phi) is 3.12. The molecule has 16 heavy (non-hydrogen) atoms. The van der Waals surface area contributed by atoms with Crippen molar-refractivity contribution in [2.24, 2.45) is 0 Å². The summed E-state index contributed by atoms with van der Waals surface area (Å²) in [5.41, 5.74) is 1.31. The van der Waals surface area contributed by atoms with Gasteiger partial charge in [0.1, 0.15) is 0 Å². The number of hydrogen-bond acceptors (Lipinski definition) is 3. The molecular weight excluding hydrogens is 204 g/mol. The highest BCUT2D eigenvalue weighted by atomic mass is 16.5. The SMILES string of the molecule is [O-][n+]1ccccc1CC(O)c1ccncc1. The van der Waals surface area contributed by atoms with Crippen molar-refractivity contribution in [1.29, 1.82) is 0 Å². The van der Waals surface area contributed by atoms with E-state index >= 15 is 0 Å². The van der Waals surface area contributed by atoms with E-state index in [2.05, 4.69) is 4.98 Å². The lowest BCUT2D eigenvalue weighted by Gasteiger charge is -2.10. The van der Waals surface area contributed by atoms with E-state index < -0.39 is 6.10 Å². The molecule has 4 heteroatoms. The summed E-state index contributed by atoms with van der Waals surface area (Å²) in [4.78, 5) is 3.87. The van der Waals surface area contributed by atoms with Gasteiger partial charge in [0.05, 0.1) is 12.5 Å². The molecule has 82 valence electrons. The Morgan fingerprint density at radius 1 is 1.25 bits per heavy atom. The second-order valence-electron chi connectivity index (χ2n) is 3.52. The molecule has 0 aromatic carbocycles. The Bertz CT molecular complexity index is 460. The summed E-state index contributed by atoms with van der Waals surface area (Å²) in [7, 11) is 0. The molecule has 2 rings (SSSR count). The van der Waals surface area contributed by atoms with Crippen LogP contribution < -0.4 is 4.73 Å². The predicted molar refractivity (Wildman–Crippen MR) is 58.3 cm³/mol. The third-order valence-corrected chi connectivity index (χ3v) is 2.40. The van der Waals surface area contributed by atoms with Crippen LogP contribution in [0.2, 0.25) is 0 Å². The van der Waals surface area contributed by atoms with Crippen LogP contribution in [0.4, 0.5) is 0 Å². The minimum Gasteiger partial charge on any atom is -0.619 e. The molecule has 0 radical (unpaired) electrons. The highest BCUT2D eigenvalue weighted by molar-refractivity contribution is 5.15. The van der Waals surface area contributed by atoms with Crippen LogP contribution in [0, 0.1) is 5.21 Å². The molecule has 0 spiro atoms. The summed E-state index contributed by atoms with van der Waals surface area (Å²) >= 11 is 0. The van der Waals surface area contributed by atoms with Gasteiger partial charge < -0.3 is 10.3 Å². The molecule has 4 nitrogen and oxygen atoms in total. The quantitative estimate of drug-likeness (QED) is 0.614. The average Bonchev–Trinajstić information content (AvgIpc) is 2.33. The van der Waals surface area contributed by atoms with E-state index in [1.165, 1.54) is 6.20 Å². The first-order valence-corrected chi connectivity index (χ1v) is 5.02. The van der Waals surface area contributed by atoms with Crippen LogP contribution >= 0.6 is 0 Å². The molecule has 0 aliphatic rings. The second-order valence-corrected chi connectivity index (χ2v) is 3.52. The largest absolute Gasteiger partial charge is 0.619 e. The Hall–Kier alpha value is -1.94. The standard InChI is InChI=1S/C12H12N2O2/c15-12(10-4-6-13-7-5-10)9-11-3-1-2-8-14(11)16/h1-8,12,15H,9H2. The summed E-state index contributed by atoms with van der Waals surface area (Å²) in [6.45, 7) is 0. The summed E-state index contributed by atoms with van der Waals surface area (Å²) in [6, 6.07) is 8.63. The fraction of sp³-hybridized carbons (Fsp3) is 0.167. The zero-order chi connectivity index (χ0) is 11.4. The van der Waals surface area contributed by atoms with Crippen molar-refractivity contribution in [3.63, 3.8) is 0 Å². The van der Waals surface area contributed by atoms with Gasteiger partial charge in [-0.1, -0.05) is 6.07 Å². The van der Waals surface area contributed by atoms with E-state index in [1.807, 2.05) is 0 Å². The first kappa shape index (κ1) is 10.6. The Balaban J connectivity index is 2.14. The predicted octanol–water partition coefficient (Wildman–Crippen LogP) is 0.991. The van der Waals surface area contributed by atoms with E-state index in [-0.39, 0.29) is 0 Å². The van der Waals surface area contributed by atoms with Gasteiger partial charge in [0, 0.05) is 24.5 Å². The third-order valence-electron chi connectivity index (χ3n) is 2.40. The van der Waals surface area contributed by atoms with Crippen LogP contribution in [0.25, 0.3) is 0 Å². The summed E-state index contributed by atoms with van der Waals surface area (Å²) in [5.74, 6) is 0. The van der Waals surface area contributed by atoms with Crippen LogP contribution in [0.5, 0.6) is 0 Å². The zero-order valence-electron chi connectivity index (χ0n) is 8.65.